The van der Waals surface area contributed by atoms with Crippen LogP contribution in [0.1, 0.15) is 46.5 Å². The number of Topliss-reactive ketones (excluding diaryl/α,β-unsaturated/α-hetero) is 1. The average Bonchev–Trinajstić information content (AvgIpc) is 2.90. The maximum Gasteiger partial charge on any atom is 0.178 e. The van der Waals surface area contributed by atoms with E-state index in [1.54, 1.807) is 12.2 Å². The van der Waals surface area contributed by atoms with E-state index in [-0.39, 0.29) is 46.2 Å². The van der Waals surface area contributed by atoms with Crippen LogP contribution in [0.2, 0.25) is 0 Å². The maximum atomic E-state index is 12.6. The van der Waals surface area contributed by atoms with E-state index in [1.807, 2.05) is 6.08 Å². The topological polar surface area (TPSA) is 83.8 Å². The number of carbonyl (C=O) groups excluding carboxylic acids is 2. The number of allylic oxidation sites excluding steroid dienone is 4. The van der Waals surface area contributed by atoms with Gasteiger partial charge in [-0.2, -0.15) is 4.91 Å². The minimum atomic E-state index is -0.431. The van der Waals surface area contributed by atoms with Crippen LogP contribution in [0.25, 0.3) is 0 Å². The predicted molar refractivity (Wildman–Crippen MR) is 102 cm³/mol. The second-order valence-electron chi connectivity index (χ2n) is 9.72. The lowest BCUT2D eigenvalue weighted by Crippen LogP contribution is -2.56. The van der Waals surface area contributed by atoms with Gasteiger partial charge in [-0.25, -0.2) is 0 Å². The van der Waals surface area contributed by atoms with Crippen LogP contribution in [0.3, 0.4) is 0 Å². The highest BCUT2D eigenvalue weighted by molar-refractivity contribution is 6.01. The molecule has 0 spiro atoms. The highest BCUT2D eigenvalue weighted by Crippen LogP contribution is 2.67. The summed E-state index contributed by atoms with van der Waals surface area (Å²) < 4.78 is 0. The Morgan fingerprint density at radius 1 is 1.37 bits per heavy atom. The largest absolute Gasteiger partial charge is 0.389 e. The monoisotopic (exact) mass is 371 g/mol. The second-order valence-corrected chi connectivity index (χ2v) is 9.72. The van der Waals surface area contributed by atoms with E-state index in [2.05, 4.69) is 25.9 Å². The van der Waals surface area contributed by atoms with Crippen LogP contribution in [-0.4, -0.2) is 29.3 Å². The van der Waals surface area contributed by atoms with Crippen molar-refractivity contribution in [1.82, 2.24) is 0 Å². The smallest absolute Gasteiger partial charge is 0.178 e. The van der Waals surface area contributed by atoms with Crippen LogP contribution in [-0.2, 0) is 9.59 Å². The lowest BCUT2D eigenvalue weighted by Gasteiger charge is -2.58. The van der Waals surface area contributed by atoms with E-state index in [0.717, 1.165) is 24.8 Å². The molecule has 0 aromatic rings. The van der Waals surface area contributed by atoms with Crippen molar-refractivity contribution in [3.8, 4) is 0 Å². The first-order valence-electron chi connectivity index (χ1n) is 10.2. The van der Waals surface area contributed by atoms with Gasteiger partial charge >= 0.3 is 0 Å². The standard InChI is InChI=1S/C22H29NO4/c1-12-8-16-15-5-4-13-9-14(25)6-7-21(13,2)20(15)17(23-27)10-22(16,3)19(12)18(26)11-24/h6-7,9,12,15-17,19-20,24H,4-5,8,10-11H2,1-3H3/t12?,15?,16?,17?,19?,20?,21-,22-/m0/s1. The molecule has 0 saturated heterocycles. The molecule has 5 heteroatoms. The number of aliphatic hydroxyl groups excluding tert-OH is 1. The lowest BCUT2D eigenvalue weighted by atomic mass is 9.46. The molecule has 4 aliphatic rings. The number of aliphatic hydroxyl groups is 1. The molecule has 0 aliphatic heterocycles. The van der Waals surface area contributed by atoms with Gasteiger partial charge in [0.05, 0.1) is 6.04 Å². The Labute approximate surface area is 160 Å². The fourth-order valence-corrected chi connectivity index (χ4v) is 7.58. The minimum Gasteiger partial charge on any atom is -0.389 e. The quantitative estimate of drug-likeness (QED) is 0.770. The molecule has 0 aromatic carbocycles. The summed E-state index contributed by atoms with van der Waals surface area (Å²) in [6.07, 6.45) is 8.73. The molecule has 4 aliphatic carbocycles. The van der Waals surface area contributed by atoms with Gasteiger partial charge in [-0.3, -0.25) is 9.59 Å². The van der Waals surface area contributed by atoms with Crippen LogP contribution in [0.4, 0.5) is 0 Å². The van der Waals surface area contributed by atoms with Crippen molar-refractivity contribution in [1.29, 1.82) is 0 Å². The molecule has 0 radical (unpaired) electrons. The van der Waals surface area contributed by atoms with E-state index < -0.39 is 6.61 Å². The first-order valence-corrected chi connectivity index (χ1v) is 10.2. The molecule has 8 atom stereocenters. The molecule has 146 valence electrons. The Hall–Kier alpha value is -1.62. The zero-order valence-corrected chi connectivity index (χ0v) is 16.4. The number of hydrogen-bond acceptors (Lipinski definition) is 5. The number of rotatable bonds is 3. The summed E-state index contributed by atoms with van der Waals surface area (Å²) in [6.45, 7) is 5.96. The molecule has 1 N–H and O–H groups in total. The molecule has 5 nitrogen and oxygen atoms in total. The van der Waals surface area contributed by atoms with Gasteiger partial charge in [0, 0.05) is 17.3 Å². The van der Waals surface area contributed by atoms with Crippen molar-refractivity contribution < 1.29 is 14.7 Å². The highest BCUT2D eigenvalue weighted by atomic mass is 16.3. The summed E-state index contributed by atoms with van der Waals surface area (Å²) in [6, 6.07) is -0.373. The van der Waals surface area contributed by atoms with E-state index >= 15 is 0 Å². The number of fused-ring (bicyclic) bond motifs is 5. The summed E-state index contributed by atoms with van der Waals surface area (Å²) in [4.78, 5) is 36.4. The van der Waals surface area contributed by atoms with Gasteiger partial charge in [-0.1, -0.05) is 37.6 Å². The van der Waals surface area contributed by atoms with E-state index in [0.29, 0.717) is 18.3 Å². The van der Waals surface area contributed by atoms with Crippen LogP contribution < -0.4 is 0 Å². The third-order valence-corrected chi connectivity index (χ3v) is 8.47. The molecule has 3 fully saturated rings. The summed E-state index contributed by atoms with van der Waals surface area (Å²) in [7, 11) is 0. The van der Waals surface area contributed by atoms with Crippen molar-refractivity contribution in [2.24, 2.45) is 45.6 Å². The van der Waals surface area contributed by atoms with Gasteiger partial charge in [-0.15, -0.1) is 0 Å². The first-order chi connectivity index (χ1) is 12.8. The van der Waals surface area contributed by atoms with Gasteiger partial charge in [0.15, 0.2) is 11.6 Å². The number of nitrogens with zero attached hydrogens (tertiary/aromatic N) is 1. The van der Waals surface area contributed by atoms with E-state index in [9.17, 15) is 19.6 Å². The molecule has 0 heterocycles. The summed E-state index contributed by atoms with van der Waals surface area (Å²) in [5.74, 6) is 0.671. The number of carbonyl (C=O) groups is 2. The van der Waals surface area contributed by atoms with Crippen molar-refractivity contribution in [2.75, 3.05) is 6.61 Å². The molecule has 3 saturated carbocycles. The van der Waals surface area contributed by atoms with Gasteiger partial charge in [0.1, 0.15) is 6.61 Å². The second kappa shape index (κ2) is 6.20. The van der Waals surface area contributed by atoms with E-state index in [1.165, 1.54) is 0 Å². The Morgan fingerprint density at radius 2 is 2.11 bits per heavy atom. The third-order valence-electron chi connectivity index (χ3n) is 8.47. The minimum absolute atomic E-state index is 0.0280. The molecule has 0 bridgehead atoms. The van der Waals surface area contributed by atoms with Gasteiger partial charge in [0.2, 0.25) is 0 Å². The molecule has 4 rings (SSSR count). The number of nitroso groups, excluding NO2 is 1. The van der Waals surface area contributed by atoms with Crippen LogP contribution in [0.5, 0.6) is 0 Å². The van der Waals surface area contributed by atoms with Crippen molar-refractivity contribution in [2.45, 2.75) is 52.5 Å². The molecule has 6 unspecified atom stereocenters. The number of hydrogen-bond donors (Lipinski definition) is 1. The van der Waals surface area contributed by atoms with Crippen LogP contribution >= 0.6 is 0 Å². The zero-order valence-electron chi connectivity index (χ0n) is 16.4. The Bertz CT molecular complexity index is 755. The Balaban J connectivity index is 1.78. The first kappa shape index (κ1) is 18.7. The molecule has 27 heavy (non-hydrogen) atoms. The van der Waals surface area contributed by atoms with Crippen LogP contribution in [0.15, 0.2) is 29.0 Å². The Kier molecular flexibility index (Phi) is 4.30. The molecular weight excluding hydrogens is 342 g/mol. The molecular formula is C22H29NO4. The predicted octanol–water partition coefficient (Wildman–Crippen LogP) is 3.46. The average molecular weight is 371 g/mol. The van der Waals surface area contributed by atoms with Crippen molar-refractivity contribution in [3.05, 3.63) is 28.7 Å². The zero-order chi connectivity index (χ0) is 19.6. The SMILES string of the molecule is CC1CC2C3CCC4=CC(=O)C=C[C@]4(C)C3C(N=O)C[C@]2(C)C1C(=O)CO. The highest BCUT2D eigenvalue weighted by Gasteiger charge is 2.64. The third kappa shape index (κ3) is 2.47. The lowest BCUT2D eigenvalue weighted by molar-refractivity contribution is -0.134. The fourth-order valence-electron chi connectivity index (χ4n) is 7.58. The normalized spacial score (nSPS) is 48.3. The van der Waals surface area contributed by atoms with Crippen molar-refractivity contribution >= 4 is 11.6 Å². The van der Waals surface area contributed by atoms with Crippen molar-refractivity contribution in [3.63, 3.8) is 0 Å². The van der Waals surface area contributed by atoms with Gasteiger partial charge in [-0.05, 0) is 61.0 Å². The van der Waals surface area contributed by atoms with Gasteiger partial charge in [0.25, 0.3) is 0 Å². The maximum absolute atomic E-state index is 12.6. The summed E-state index contributed by atoms with van der Waals surface area (Å²) in [5.41, 5.74) is 0.534. The van der Waals surface area contributed by atoms with Crippen LogP contribution in [0, 0.1) is 45.3 Å². The summed E-state index contributed by atoms with van der Waals surface area (Å²) >= 11 is 0. The van der Waals surface area contributed by atoms with Gasteiger partial charge < -0.3 is 5.11 Å². The molecule has 0 amide bonds. The van der Waals surface area contributed by atoms with E-state index in [4.69, 9.17) is 0 Å². The fraction of sp³-hybridized carbons (Fsp3) is 0.727. The summed E-state index contributed by atoms with van der Waals surface area (Å²) in [5, 5.41) is 13.1. The Morgan fingerprint density at radius 3 is 2.78 bits per heavy atom. The molecule has 0 aromatic heterocycles. The number of ketones is 2.